The lowest BCUT2D eigenvalue weighted by Gasteiger charge is -2.16. The van der Waals surface area contributed by atoms with Gasteiger partial charge in [0, 0.05) is 5.25 Å². The Bertz CT molecular complexity index is 93.6. The van der Waals surface area contributed by atoms with Crippen LogP contribution in [0.3, 0.4) is 0 Å². The highest BCUT2D eigenvalue weighted by Gasteiger charge is 2.09. The van der Waals surface area contributed by atoms with E-state index in [2.05, 4.69) is 20.8 Å². The van der Waals surface area contributed by atoms with Gasteiger partial charge < -0.3 is 5.11 Å². The molecule has 0 spiro atoms. The molecule has 0 aliphatic carbocycles. The maximum absolute atomic E-state index is 9.19. The molecule has 11 heavy (non-hydrogen) atoms. The van der Waals surface area contributed by atoms with E-state index >= 15 is 0 Å². The standard InChI is InChI=1S/C9H20OS/c1-5-7(2)6-11-9(4)8(3)10/h7-10H,5-6H2,1-4H3. The van der Waals surface area contributed by atoms with Crippen LogP contribution in [0.2, 0.25) is 0 Å². The molecule has 0 aromatic rings. The molecule has 0 aromatic heterocycles. The fourth-order valence-corrected chi connectivity index (χ4v) is 1.72. The number of aliphatic hydroxyl groups excluding tert-OH is 1. The molecule has 68 valence electrons. The van der Waals surface area contributed by atoms with Gasteiger partial charge >= 0.3 is 0 Å². The Morgan fingerprint density at radius 2 is 1.82 bits per heavy atom. The van der Waals surface area contributed by atoms with Crippen LogP contribution in [0.5, 0.6) is 0 Å². The van der Waals surface area contributed by atoms with E-state index in [9.17, 15) is 5.11 Å². The summed E-state index contributed by atoms with van der Waals surface area (Å²) in [7, 11) is 0. The Morgan fingerprint density at radius 3 is 2.18 bits per heavy atom. The number of hydrogen-bond donors (Lipinski definition) is 1. The van der Waals surface area contributed by atoms with E-state index in [1.165, 1.54) is 12.2 Å². The van der Waals surface area contributed by atoms with Crippen LogP contribution < -0.4 is 0 Å². The van der Waals surface area contributed by atoms with Gasteiger partial charge in [-0.1, -0.05) is 27.2 Å². The molecule has 0 saturated carbocycles. The number of rotatable bonds is 5. The molecule has 0 radical (unpaired) electrons. The molecule has 1 N–H and O–H groups in total. The third-order valence-corrected chi connectivity index (χ3v) is 3.70. The van der Waals surface area contributed by atoms with Crippen LogP contribution in [0.4, 0.5) is 0 Å². The highest BCUT2D eigenvalue weighted by atomic mass is 32.2. The van der Waals surface area contributed by atoms with Gasteiger partial charge in [-0.2, -0.15) is 11.8 Å². The van der Waals surface area contributed by atoms with Crippen LogP contribution in [-0.4, -0.2) is 22.2 Å². The lowest BCUT2D eigenvalue weighted by atomic mass is 10.2. The topological polar surface area (TPSA) is 20.2 Å². The molecule has 0 saturated heterocycles. The van der Waals surface area contributed by atoms with Crippen molar-refractivity contribution in [3.05, 3.63) is 0 Å². The van der Waals surface area contributed by atoms with Crippen LogP contribution >= 0.6 is 11.8 Å². The molecule has 2 heteroatoms. The van der Waals surface area contributed by atoms with Crippen LogP contribution in [-0.2, 0) is 0 Å². The maximum atomic E-state index is 9.19. The minimum atomic E-state index is -0.177. The molecule has 0 aromatic carbocycles. The molecule has 0 heterocycles. The highest BCUT2D eigenvalue weighted by molar-refractivity contribution is 7.99. The summed E-state index contributed by atoms with van der Waals surface area (Å²) in [5.74, 6) is 1.95. The van der Waals surface area contributed by atoms with Crippen LogP contribution in [0.1, 0.15) is 34.1 Å². The van der Waals surface area contributed by atoms with Gasteiger partial charge in [-0.25, -0.2) is 0 Å². The van der Waals surface area contributed by atoms with Gasteiger partial charge in [0.15, 0.2) is 0 Å². The van der Waals surface area contributed by atoms with E-state index in [0.717, 1.165) is 5.92 Å². The van der Waals surface area contributed by atoms with E-state index in [-0.39, 0.29) is 6.10 Å². The van der Waals surface area contributed by atoms with Gasteiger partial charge in [0.1, 0.15) is 0 Å². The monoisotopic (exact) mass is 176 g/mol. The molecule has 0 aliphatic rings. The van der Waals surface area contributed by atoms with Gasteiger partial charge in [0.2, 0.25) is 0 Å². The van der Waals surface area contributed by atoms with Crippen molar-refractivity contribution in [1.82, 2.24) is 0 Å². The summed E-state index contributed by atoms with van der Waals surface area (Å²) in [4.78, 5) is 0. The quantitative estimate of drug-likeness (QED) is 0.694. The van der Waals surface area contributed by atoms with Gasteiger partial charge in [-0.3, -0.25) is 0 Å². The van der Waals surface area contributed by atoms with Gasteiger partial charge in [0.25, 0.3) is 0 Å². The van der Waals surface area contributed by atoms with Crippen molar-refractivity contribution in [3.63, 3.8) is 0 Å². The summed E-state index contributed by atoms with van der Waals surface area (Å²) in [5.41, 5.74) is 0. The first-order valence-electron chi connectivity index (χ1n) is 4.37. The molecule has 0 bridgehead atoms. The molecular weight excluding hydrogens is 156 g/mol. The molecule has 0 fully saturated rings. The Hall–Kier alpha value is 0.310. The highest BCUT2D eigenvalue weighted by Crippen LogP contribution is 2.18. The third kappa shape index (κ3) is 5.57. The fraction of sp³-hybridized carbons (Fsp3) is 1.00. The van der Waals surface area contributed by atoms with Crippen LogP contribution in [0.15, 0.2) is 0 Å². The van der Waals surface area contributed by atoms with Crippen molar-refractivity contribution in [3.8, 4) is 0 Å². The van der Waals surface area contributed by atoms with Crippen molar-refractivity contribution in [2.24, 2.45) is 5.92 Å². The molecule has 0 rings (SSSR count). The van der Waals surface area contributed by atoms with E-state index < -0.39 is 0 Å². The van der Waals surface area contributed by atoms with Crippen molar-refractivity contribution in [1.29, 1.82) is 0 Å². The average Bonchev–Trinajstić information content (AvgIpc) is 1.99. The first kappa shape index (κ1) is 11.3. The van der Waals surface area contributed by atoms with Crippen molar-refractivity contribution in [2.45, 2.75) is 45.5 Å². The number of hydrogen-bond acceptors (Lipinski definition) is 2. The first-order valence-corrected chi connectivity index (χ1v) is 5.42. The van der Waals surface area contributed by atoms with E-state index in [1.807, 2.05) is 18.7 Å². The van der Waals surface area contributed by atoms with Gasteiger partial charge in [-0.05, 0) is 18.6 Å². The van der Waals surface area contributed by atoms with E-state index in [4.69, 9.17) is 0 Å². The lowest BCUT2D eigenvalue weighted by Crippen LogP contribution is -2.16. The molecule has 1 nitrogen and oxygen atoms in total. The van der Waals surface area contributed by atoms with Crippen LogP contribution in [0.25, 0.3) is 0 Å². The lowest BCUT2D eigenvalue weighted by molar-refractivity contribution is 0.196. The molecule has 0 aliphatic heterocycles. The van der Waals surface area contributed by atoms with Gasteiger partial charge in [0.05, 0.1) is 6.10 Å². The normalized spacial score (nSPS) is 19.4. The minimum Gasteiger partial charge on any atom is -0.392 e. The zero-order chi connectivity index (χ0) is 8.85. The SMILES string of the molecule is CCC(C)CSC(C)C(C)O. The van der Waals surface area contributed by atoms with E-state index in [1.54, 1.807) is 0 Å². The number of aliphatic hydroxyl groups is 1. The zero-order valence-corrected chi connectivity index (χ0v) is 8.82. The summed E-state index contributed by atoms with van der Waals surface area (Å²) >= 11 is 1.87. The first-order chi connectivity index (χ1) is 5.07. The second kappa shape index (κ2) is 5.90. The number of thioether (sulfide) groups is 1. The molecular formula is C9H20OS. The largest absolute Gasteiger partial charge is 0.392 e. The minimum absolute atomic E-state index is 0.177. The fourth-order valence-electron chi connectivity index (χ4n) is 0.573. The Labute approximate surface area is 74.6 Å². The maximum Gasteiger partial charge on any atom is 0.0627 e. The summed E-state index contributed by atoms with van der Waals surface area (Å²) in [6.45, 7) is 8.39. The Balaban J connectivity index is 3.37. The second-order valence-corrected chi connectivity index (χ2v) is 4.70. The summed E-state index contributed by atoms with van der Waals surface area (Å²) in [6.07, 6.45) is 1.06. The smallest absolute Gasteiger partial charge is 0.0627 e. The summed E-state index contributed by atoms with van der Waals surface area (Å²) in [5, 5.41) is 9.56. The third-order valence-electron chi connectivity index (χ3n) is 2.02. The predicted molar refractivity (Wildman–Crippen MR) is 53.1 cm³/mol. The average molecular weight is 176 g/mol. The van der Waals surface area contributed by atoms with Crippen molar-refractivity contribution in [2.75, 3.05) is 5.75 Å². The van der Waals surface area contributed by atoms with E-state index in [0.29, 0.717) is 5.25 Å². The molecule has 0 amide bonds. The molecule has 3 atom stereocenters. The second-order valence-electron chi connectivity index (χ2n) is 3.29. The Kier molecular flexibility index (Phi) is 6.06. The molecule has 3 unspecified atom stereocenters. The van der Waals surface area contributed by atoms with Gasteiger partial charge in [-0.15, -0.1) is 0 Å². The predicted octanol–water partition coefficient (Wildman–Crippen LogP) is 2.54. The zero-order valence-electron chi connectivity index (χ0n) is 8.00. The summed E-state index contributed by atoms with van der Waals surface area (Å²) in [6, 6.07) is 0. The van der Waals surface area contributed by atoms with Crippen LogP contribution in [0, 0.1) is 5.92 Å². The summed E-state index contributed by atoms with van der Waals surface area (Å²) < 4.78 is 0. The Morgan fingerprint density at radius 1 is 1.27 bits per heavy atom. The van der Waals surface area contributed by atoms with Crippen molar-refractivity contribution < 1.29 is 5.11 Å². The van der Waals surface area contributed by atoms with Crippen molar-refractivity contribution >= 4 is 11.8 Å².